The average molecular weight is 461 g/mol. The molecule has 8 heteroatoms. The second-order valence-corrected chi connectivity index (χ2v) is 7.83. The van der Waals surface area contributed by atoms with Crippen molar-refractivity contribution in [2.24, 2.45) is 5.92 Å². The van der Waals surface area contributed by atoms with E-state index >= 15 is 0 Å². The minimum atomic E-state index is -0.777. The number of anilines is 2. The summed E-state index contributed by atoms with van der Waals surface area (Å²) in [5.74, 6) is -0.931. The summed E-state index contributed by atoms with van der Waals surface area (Å²) in [6.07, 6.45) is 0. The van der Waals surface area contributed by atoms with Crippen LogP contribution in [0, 0.1) is 12.8 Å². The van der Waals surface area contributed by atoms with Gasteiger partial charge in [0.1, 0.15) is 6.04 Å². The maximum Gasteiger partial charge on any atom is 0.319 e. The summed E-state index contributed by atoms with van der Waals surface area (Å²) < 4.78 is 0.918. The topological polar surface area (TPSA) is 99.3 Å². The molecule has 0 radical (unpaired) electrons. The lowest BCUT2D eigenvalue weighted by atomic mass is 10.0. The van der Waals surface area contributed by atoms with Crippen molar-refractivity contribution in [1.29, 1.82) is 0 Å². The SMILES string of the molecule is Cc1cc(Br)ccc1NC(=O)CNC(=O)C(NC(=O)Nc1ccccc1)C(C)C. The number of aryl methyl sites for hydroxylation is 1. The van der Waals surface area contributed by atoms with E-state index in [2.05, 4.69) is 37.2 Å². The molecule has 7 nitrogen and oxygen atoms in total. The maximum atomic E-state index is 12.5. The van der Waals surface area contributed by atoms with Gasteiger partial charge in [0.25, 0.3) is 0 Å². The summed E-state index contributed by atoms with van der Waals surface area (Å²) in [7, 11) is 0. The number of hydrogen-bond acceptors (Lipinski definition) is 3. The van der Waals surface area contributed by atoms with Crippen LogP contribution in [0.25, 0.3) is 0 Å². The molecular formula is C21H25BrN4O3. The van der Waals surface area contributed by atoms with Gasteiger partial charge >= 0.3 is 6.03 Å². The van der Waals surface area contributed by atoms with Crippen LogP contribution in [-0.2, 0) is 9.59 Å². The fraction of sp³-hybridized carbons (Fsp3) is 0.286. The van der Waals surface area contributed by atoms with Gasteiger partial charge in [-0.05, 0) is 48.7 Å². The number of benzene rings is 2. The van der Waals surface area contributed by atoms with E-state index in [-0.39, 0.29) is 18.4 Å². The van der Waals surface area contributed by atoms with Gasteiger partial charge in [-0.2, -0.15) is 0 Å². The Hall–Kier alpha value is -2.87. The van der Waals surface area contributed by atoms with Gasteiger partial charge in [0.15, 0.2) is 0 Å². The molecular weight excluding hydrogens is 436 g/mol. The van der Waals surface area contributed by atoms with E-state index in [0.29, 0.717) is 11.4 Å². The molecule has 2 rings (SSSR count). The molecule has 0 aliphatic carbocycles. The Morgan fingerprint density at radius 2 is 1.69 bits per heavy atom. The quantitative estimate of drug-likeness (QED) is 0.507. The standard InChI is InChI=1S/C21H25BrN4O3/c1-13(2)19(26-21(29)24-16-7-5-4-6-8-16)20(28)23-12-18(27)25-17-10-9-15(22)11-14(17)3/h4-11,13,19H,12H2,1-3H3,(H,23,28)(H,25,27)(H2,24,26,29). The third-order valence-corrected chi connectivity index (χ3v) is 4.65. The number of carbonyl (C=O) groups excluding carboxylic acids is 3. The van der Waals surface area contributed by atoms with Gasteiger partial charge in [0, 0.05) is 15.8 Å². The summed E-state index contributed by atoms with van der Waals surface area (Å²) in [6, 6.07) is 13.2. The van der Waals surface area contributed by atoms with Crippen molar-refractivity contribution in [1.82, 2.24) is 10.6 Å². The lowest BCUT2D eigenvalue weighted by Gasteiger charge is -2.22. The number of para-hydroxylation sites is 1. The van der Waals surface area contributed by atoms with Crippen LogP contribution in [0.1, 0.15) is 19.4 Å². The molecule has 0 bridgehead atoms. The molecule has 29 heavy (non-hydrogen) atoms. The van der Waals surface area contributed by atoms with Gasteiger partial charge in [-0.15, -0.1) is 0 Å². The number of carbonyl (C=O) groups is 3. The van der Waals surface area contributed by atoms with Gasteiger partial charge in [-0.25, -0.2) is 4.79 Å². The van der Waals surface area contributed by atoms with Crippen LogP contribution in [-0.4, -0.2) is 30.4 Å². The molecule has 0 saturated carbocycles. The van der Waals surface area contributed by atoms with Crippen LogP contribution in [0.5, 0.6) is 0 Å². The maximum absolute atomic E-state index is 12.5. The molecule has 2 aromatic rings. The lowest BCUT2D eigenvalue weighted by molar-refractivity contribution is -0.126. The van der Waals surface area contributed by atoms with Crippen LogP contribution in [0.15, 0.2) is 53.0 Å². The number of amides is 4. The zero-order valence-corrected chi connectivity index (χ0v) is 18.2. The van der Waals surface area contributed by atoms with Crippen molar-refractivity contribution in [3.63, 3.8) is 0 Å². The second kappa shape index (κ2) is 10.6. The first kappa shape index (κ1) is 22.4. The van der Waals surface area contributed by atoms with E-state index < -0.39 is 18.0 Å². The molecule has 0 aliphatic heterocycles. The molecule has 0 spiro atoms. The Labute approximate surface area is 178 Å². The van der Waals surface area contributed by atoms with Gasteiger partial charge in [0.05, 0.1) is 6.54 Å². The zero-order valence-electron chi connectivity index (χ0n) is 16.6. The van der Waals surface area contributed by atoms with Crippen LogP contribution in [0.4, 0.5) is 16.2 Å². The first-order valence-electron chi connectivity index (χ1n) is 9.22. The predicted molar refractivity (Wildman–Crippen MR) is 118 cm³/mol. The van der Waals surface area contributed by atoms with Crippen molar-refractivity contribution in [2.45, 2.75) is 26.8 Å². The van der Waals surface area contributed by atoms with Gasteiger partial charge in [0.2, 0.25) is 11.8 Å². The van der Waals surface area contributed by atoms with Crippen molar-refractivity contribution in [2.75, 3.05) is 17.2 Å². The minimum absolute atomic E-state index is 0.159. The highest BCUT2D eigenvalue weighted by Gasteiger charge is 2.24. The van der Waals surface area contributed by atoms with Crippen LogP contribution >= 0.6 is 15.9 Å². The molecule has 0 fully saturated rings. The minimum Gasteiger partial charge on any atom is -0.345 e. The highest BCUT2D eigenvalue weighted by Crippen LogP contribution is 2.19. The molecule has 4 N–H and O–H groups in total. The molecule has 0 heterocycles. The number of hydrogen-bond donors (Lipinski definition) is 4. The summed E-state index contributed by atoms with van der Waals surface area (Å²) in [5.41, 5.74) is 2.20. The van der Waals surface area contributed by atoms with Crippen molar-refractivity contribution < 1.29 is 14.4 Å². The number of rotatable bonds is 7. The molecule has 4 amide bonds. The Bertz CT molecular complexity index is 871. The van der Waals surface area contributed by atoms with E-state index in [0.717, 1.165) is 10.0 Å². The molecule has 0 aliphatic rings. The normalized spacial score (nSPS) is 11.5. The van der Waals surface area contributed by atoms with Crippen molar-refractivity contribution >= 4 is 45.2 Å². The van der Waals surface area contributed by atoms with Gasteiger partial charge < -0.3 is 21.3 Å². The Kier molecular flexibility index (Phi) is 8.21. The summed E-state index contributed by atoms with van der Waals surface area (Å²) in [5, 5.41) is 10.7. The van der Waals surface area contributed by atoms with Gasteiger partial charge in [-0.1, -0.05) is 48.0 Å². The van der Waals surface area contributed by atoms with Gasteiger partial charge in [-0.3, -0.25) is 9.59 Å². The Morgan fingerprint density at radius 3 is 2.31 bits per heavy atom. The van der Waals surface area contributed by atoms with E-state index in [9.17, 15) is 14.4 Å². The average Bonchev–Trinajstić information content (AvgIpc) is 2.67. The van der Waals surface area contributed by atoms with E-state index in [1.54, 1.807) is 30.3 Å². The van der Waals surface area contributed by atoms with Crippen molar-refractivity contribution in [3.8, 4) is 0 Å². The molecule has 2 aromatic carbocycles. The predicted octanol–water partition coefficient (Wildman–Crippen LogP) is 3.66. The number of nitrogens with one attached hydrogen (secondary N) is 4. The fourth-order valence-electron chi connectivity index (χ4n) is 2.60. The third-order valence-electron chi connectivity index (χ3n) is 4.15. The Morgan fingerprint density at radius 1 is 1.00 bits per heavy atom. The van der Waals surface area contributed by atoms with E-state index in [1.165, 1.54) is 0 Å². The summed E-state index contributed by atoms with van der Waals surface area (Å²) in [6.45, 7) is 5.32. The van der Waals surface area contributed by atoms with Crippen LogP contribution < -0.4 is 21.3 Å². The molecule has 0 saturated heterocycles. The number of halogens is 1. The summed E-state index contributed by atoms with van der Waals surface area (Å²) >= 11 is 3.37. The molecule has 1 unspecified atom stereocenters. The first-order valence-corrected chi connectivity index (χ1v) is 10.0. The third kappa shape index (κ3) is 7.23. The van der Waals surface area contributed by atoms with E-state index in [4.69, 9.17) is 0 Å². The number of urea groups is 1. The Balaban J connectivity index is 1.88. The highest BCUT2D eigenvalue weighted by molar-refractivity contribution is 9.10. The zero-order chi connectivity index (χ0) is 21.4. The lowest BCUT2D eigenvalue weighted by Crippen LogP contribution is -2.52. The fourth-order valence-corrected chi connectivity index (χ4v) is 3.08. The molecule has 1 atom stereocenters. The summed E-state index contributed by atoms with van der Waals surface area (Å²) in [4.78, 5) is 36.9. The highest BCUT2D eigenvalue weighted by atomic mass is 79.9. The monoisotopic (exact) mass is 460 g/mol. The largest absolute Gasteiger partial charge is 0.345 e. The molecule has 0 aromatic heterocycles. The molecule has 154 valence electrons. The van der Waals surface area contributed by atoms with E-state index in [1.807, 2.05) is 39.0 Å². The van der Waals surface area contributed by atoms with Crippen LogP contribution in [0.2, 0.25) is 0 Å². The first-order chi connectivity index (χ1) is 13.8. The smallest absolute Gasteiger partial charge is 0.319 e. The van der Waals surface area contributed by atoms with Crippen LogP contribution in [0.3, 0.4) is 0 Å². The van der Waals surface area contributed by atoms with Crippen molar-refractivity contribution in [3.05, 3.63) is 58.6 Å². The second-order valence-electron chi connectivity index (χ2n) is 6.91.